The summed E-state index contributed by atoms with van der Waals surface area (Å²) in [4.78, 5) is 19.3. The molecule has 4 rings (SSSR count). The van der Waals surface area contributed by atoms with Crippen LogP contribution in [0.4, 0.5) is 10.1 Å². The number of hydrogen-bond acceptors (Lipinski definition) is 5. The molecule has 2 heterocycles. The van der Waals surface area contributed by atoms with Gasteiger partial charge in [-0.1, -0.05) is 18.2 Å². The van der Waals surface area contributed by atoms with E-state index < -0.39 is 0 Å². The molecule has 0 aliphatic carbocycles. The predicted molar refractivity (Wildman–Crippen MR) is 117 cm³/mol. The topological polar surface area (TPSA) is 54.5 Å². The molecule has 0 saturated carbocycles. The average molecular weight is 426 g/mol. The van der Waals surface area contributed by atoms with Crippen molar-refractivity contribution in [3.8, 4) is 17.0 Å². The van der Waals surface area contributed by atoms with Crippen molar-refractivity contribution in [1.29, 1.82) is 0 Å². The molecular formula is C23H24FN3O2S. The van der Waals surface area contributed by atoms with Crippen LogP contribution in [0.2, 0.25) is 0 Å². The maximum absolute atomic E-state index is 14.2. The molecule has 3 aromatic rings. The molecule has 1 aromatic heterocycles. The second kappa shape index (κ2) is 9.36. The lowest BCUT2D eigenvalue weighted by atomic mass is 9.95. The molecule has 0 atom stereocenters. The van der Waals surface area contributed by atoms with Gasteiger partial charge in [-0.25, -0.2) is 9.37 Å². The Hall–Kier alpha value is -2.77. The van der Waals surface area contributed by atoms with Crippen LogP contribution in [-0.4, -0.2) is 36.0 Å². The number of methoxy groups -OCH3 is 1. The number of nitrogens with zero attached hydrogens (tertiary/aromatic N) is 2. The summed E-state index contributed by atoms with van der Waals surface area (Å²) >= 11 is 1.55. The molecule has 1 fully saturated rings. The number of likely N-dealkylation sites (tertiary alicyclic amines) is 1. The number of aromatic nitrogens is 1. The van der Waals surface area contributed by atoms with Crippen LogP contribution in [0.5, 0.6) is 5.75 Å². The molecule has 2 aromatic carbocycles. The Morgan fingerprint density at radius 1 is 1.27 bits per heavy atom. The highest BCUT2D eigenvalue weighted by molar-refractivity contribution is 7.07. The summed E-state index contributed by atoms with van der Waals surface area (Å²) in [6.07, 6.45) is 1.52. The Labute approximate surface area is 179 Å². The summed E-state index contributed by atoms with van der Waals surface area (Å²) in [7, 11) is 1.53. The van der Waals surface area contributed by atoms with Crippen LogP contribution in [0.15, 0.2) is 53.4 Å². The maximum atomic E-state index is 14.2. The number of anilines is 1. The fourth-order valence-corrected chi connectivity index (χ4v) is 4.29. The lowest BCUT2D eigenvalue weighted by Gasteiger charge is -2.31. The van der Waals surface area contributed by atoms with Gasteiger partial charge < -0.3 is 10.1 Å². The van der Waals surface area contributed by atoms with Crippen molar-refractivity contribution >= 4 is 22.9 Å². The third-order valence-corrected chi connectivity index (χ3v) is 6.06. The number of carbonyl (C=O) groups excluding carboxylic acids is 1. The van der Waals surface area contributed by atoms with E-state index in [1.165, 1.54) is 13.2 Å². The van der Waals surface area contributed by atoms with Gasteiger partial charge in [0.25, 0.3) is 0 Å². The number of amides is 1. The number of hydrogen-bond donors (Lipinski definition) is 1. The molecule has 156 valence electrons. The predicted octanol–water partition coefficient (Wildman–Crippen LogP) is 4.81. The van der Waals surface area contributed by atoms with Crippen LogP contribution in [-0.2, 0) is 11.3 Å². The zero-order valence-electron chi connectivity index (χ0n) is 16.8. The lowest BCUT2D eigenvalue weighted by molar-refractivity contribution is -0.121. The Bertz CT molecular complexity index is 1000. The summed E-state index contributed by atoms with van der Waals surface area (Å²) in [5.41, 5.74) is 5.14. The summed E-state index contributed by atoms with van der Waals surface area (Å²) < 4.78 is 19.3. The van der Waals surface area contributed by atoms with E-state index in [0.717, 1.165) is 42.9 Å². The van der Waals surface area contributed by atoms with Crippen LogP contribution in [0.3, 0.4) is 0 Å². The second-order valence-corrected chi connectivity index (χ2v) is 8.17. The van der Waals surface area contributed by atoms with Crippen molar-refractivity contribution in [2.24, 2.45) is 5.92 Å². The van der Waals surface area contributed by atoms with Crippen molar-refractivity contribution in [2.75, 3.05) is 25.5 Å². The van der Waals surface area contributed by atoms with E-state index in [1.54, 1.807) is 29.0 Å². The highest BCUT2D eigenvalue weighted by Crippen LogP contribution is 2.25. The lowest BCUT2D eigenvalue weighted by Crippen LogP contribution is -2.37. The average Bonchev–Trinajstić information content (AvgIpc) is 3.31. The van der Waals surface area contributed by atoms with Gasteiger partial charge in [-0.05, 0) is 44.1 Å². The van der Waals surface area contributed by atoms with E-state index in [1.807, 2.05) is 29.6 Å². The van der Waals surface area contributed by atoms with Crippen LogP contribution in [0.1, 0.15) is 18.4 Å². The number of ether oxygens (including phenoxy) is 1. The number of thiazole rings is 1. The van der Waals surface area contributed by atoms with Crippen LogP contribution in [0, 0.1) is 11.7 Å². The molecule has 1 aliphatic heterocycles. The minimum absolute atomic E-state index is 0.0371. The molecule has 1 amide bonds. The Balaban J connectivity index is 1.31. The molecule has 0 unspecified atom stereocenters. The van der Waals surface area contributed by atoms with E-state index in [2.05, 4.69) is 15.2 Å². The first-order valence-corrected chi connectivity index (χ1v) is 10.9. The minimum atomic E-state index is -0.255. The number of benzene rings is 2. The molecule has 1 saturated heterocycles. The molecule has 30 heavy (non-hydrogen) atoms. The number of carbonyl (C=O) groups is 1. The Morgan fingerprint density at radius 3 is 2.80 bits per heavy atom. The van der Waals surface area contributed by atoms with Crippen LogP contribution in [0.25, 0.3) is 11.3 Å². The molecule has 7 heteroatoms. The number of rotatable bonds is 6. The molecule has 1 N–H and O–H groups in total. The van der Waals surface area contributed by atoms with Crippen LogP contribution < -0.4 is 10.1 Å². The van der Waals surface area contributed by atoms with Crippen molar-refractivity contribution in [1.82, 2.24) is 9.88 Å². The van der Waals surface area contributed by atoms with Gasteiger partial charge in [-0.15, -0.1) is 11.3 Å². The smallest absolute Gasteiger partial charge is 0.227 e. The first-order valence-electron chi connectivity index (χ1n) is 9.96. The molecule has 0 bridgehead atoms. The van der Waals surface area contributed by atoms with Gasteiger partial charge in [-0.2, -0.15) is 0 Å². The van der Waals surface area contributed by atoms with Gasteiger partial charge in [0.15, 0.2) is 0 Å². The zero-order chi connectivity index (χ0) is 20.9. The monoisotopic (exact) mass is 425 g/mol. The third kappa shape index (κ3) is 4.86. The fraction of sp³-hybridized carbons (Fsp3) is 0.304. The first kappa shape index (κ1) is 20.5. The Kier molecular flexibility index (Phi) is 6.40. The number of nitrogens with one attached hydrogen (secondary N) is 1. The van der Waals surface area contributed by atoms with Gasteiger partial charge in [0.05, 0.1) is 18.3 Å². The maximum Gasteiger partial charge on any atom is 0.227 e. The fourth-order valence-electron chi connectivity index (χ4n) is 3.73. The molecule has 1 aliphatic rings. The standard InChI is InChI=1S/C23H24FN3O2S/c1-29-20-6-5-18(21(24)12-20)13-27-9-7-16(8-10-27)23(28)26-19-4-2-3-17(11-19)22-14-30-15-25-22/h2-6,11-12,14-16H,7-10,13H2,1H3,(H,26,28). The van der Waals surface area contributed by atoms with Gasteiger partial charge >= 0.3 is 0 Å². The van der Waals surface area contributed by atoms with E-state index in [0.29, 0.717) is 17.9 Å². The molecular weight excluding hydrogens is 401 g/mol. The minimum Gasteiger partial charge on any atom is -0.497 e. The van der Waals surface area contributed by atoms with Gasteiger partial charge in [-0.3, -0.25) is 9.69 Å². The molecule has 0 radical (unpaired) electrons. The largest absolute Gasteiger partial charge is 0.497 e. The summed E-state index contributed by atoms with van der Waals surface area (Å²) in [5, 5.41) is 5.03. The van der Waals surface area contributed by atoms with E-state index in [9.17, 15) is 9.18 Å². The van der Waals surface area contributed by atoms with Crippen molar-refractivity contribution in [2.45, 2.75) is 19.4 Å². The Morgan fingerprint density at radius 2 is 2.10 bits per heavy atom. The normalized spacial score (nSPS) is 15.1. The van der Waals surface area contributed by atoms with E-state index >= 15 is 0 Å². The van der Waals surface area contributed by atoms with Crippen molar-refractivity contribution in [3.05, 3.63) is 64.7 Å². The van der Waals surface area contributed by atoms with Gasteiger partial charge in [0.1, 0.15) is 11.6 Å². The summed E-state index contributed by atoms with van der Waals surface area (Å²) in [6.45, 7) is 2.07. The van der Waals surface area contributed by atoms with Crippen molar-refractivity contribution in [3.63, 3.8) is 0 Å². The van der Waals surface area contributed by atoms with E-state index in [4.69, 9.17) is 4.74 Å². The van der Waals surface area contributed by atoms with Crippen molar-refractivity contribution < 1.29 is 13.9 Å². The molecule has 5 nitrogen and oxygen atoms in total. The zero-order valence-corrected chi connectivity index (χ0v) is 17.6. The molecule has 0 spiro atoms. The van der Waals surface area contributed by atoms with Gasteiger partial charge in [0, 0.05) is 40.7 Å². The quantitative estimate of drug-likeness (QED) is 0.616. The number of piperidine rings is 1. The summed E-state index contributed by atoms with van der Waals surface area (Å²) in [6, 6.07) is 12.7. The summed E-state index contributed by atoms with van der Waals surface area (Å²) in [5.74, 6) is 0.269. The highest BCUT2D eigenvalue weighted by atomic mass is 32.1. The van der Waals surface area contributed by atoms with Crippen LogP contribution >= 0.6 is 11.3 Å². The number of halogens is 1. The highest BCUT2D eigenvalue weighted by Gasteiger charge is 2.25. The first-order chi connectivity index (χ1) is 14.6. The van der Waals surface area contributed by atoms with E-state index in [-0.39, 0.29) is 17.6 Å². The van der Waals surface area contributed by atoms with Gasteiger partial charge in [0.2, 0.25) is 5.91 Å². The second-order valence-electron chi connectivity index (χ2n) is 7.45. The SMILES string of the molecule is COc1ccc(CN2CCC(C(=O)Nc3cccc(-c4cscn4)c3)CC2)c(F)c1. The third-order valence-electron chi connectivity index (χ3n) is 5.47.